The van der Waals surface area contributed by atoms with Crippen LogP contribution in [0.25, 0.3) is 11.3 Å². The van der Waals surface area contributed by atoms with Crippen LogP contribution in [-0.2, 0) is 29.7 Å². The smallest absolute Gasteiger partial charge is 0.416 e. The largest absolute Gasteiger partial charge is 0.481 e. The van der Waals surface area contributed by atoms with Crippen LogP contribution in [0.5, 0.6) is 0 Å². The summed E-state index contributed by atoms with van der Waals surface area (Å²) in [6.45, 7) is 1.71. The van der Waals surface area contributed by atoms with Crippen LogP contribution in [0, 0.1) is 0 Å². The lowest BCUT2D eigenvalue weighted by Crippen LogP contribution is -2.29. The van der Waals surface area contributed by atoms with E-state index in [-0.39, 0.29) is 24.4 Å². The molecule has 2 amide bonds. The average Bonchev–Trinajstić information content (AvgIpc) is 3.19. The summed E-state index contributed by atoms with van der Waals surface area (Å²) in [5.74, 6) is -0.960. The van der Waals surface area contributed by atoms with Gasteiger partial charge in [0.15, 0.2) is 0 Å². The van der Waals surface area contributed by atoms with Crippen molar-refractivity contribution >= 4 is 40.9 Å². The fraction of sp³-hybridized carbons (Fsp3) is 0.256. The normalized spacial score (nSPS) is 13.0. The third kappa shape index (κ3) is 11.0. The van der Waals surface area contributed by atoms with E-state index in [0.717, 1.165) is 66.2 Å². The van der Waals surface area contributed by atoms with E-state index in [1.165, 1.54) is 24.4 Å². The van der Waals surface area contributed by atoms with Crippen molar-refractivity contribution in [3.63, 3.8) is 0 Å². The Hall–Kier alpha value is -5.62. The van der Waals surface area contributed by atoms with Gasteiger partial charge in [0.25, 0.3) is 11.8 Å². The third-order valence-electron chi connectivity index (χ3n) is 9.33. The summed E-state index contributed by atoms with van der Waals surface area (Å²) in [5.41, 5.74) is 4.88. The summed E-state index contributed by atoms with van der Waals surface area (Å²) < 4.78 is 39.7. The highest BCUT2D eigenvalue weighted by molar-refractivity contribution is 7.98. The number of halogens is 3. The maximum Gasteiger partial charge on any atom is 0.416 e. The lowest BCUT2D eigenvalue weighted by molar-refractivity contribution is -0.138. The first-order chi connectivity index (χ1) is 26.5. The monoisotopic (exact) mass is 766 g/mol. The van der Waals surface area contributed by atoms with E-state index in [2.05, 4.69) is 26.6 Å². The molecule has 1 aliphatic heterocycles. The second-order valence-electron chi connectivity index (χ2n) is 13.4. The molecule has 1 saturated heterocycles. The Morgan fingerprint density at radius 1 is 0.782 bits per heavy atom. The summed E-state index contributed by atoms with van der Waals surface area (Å²) >= 11 is 1.64. The highest BCUT2D eigenvalue weighted by Crippen LogP contribution is 2.34. The van der Waals surface area contributed by atoms with Crippen molar-refractivity contribution in [3.8, 4) is 11.3 Å². The Bertz CT molecular complexity index is 2150. The molecule has 6 rings (SSSR count). The molecule has 1 aromatic heterocycles. The number of hydrogen-bond acceptors (Lipinski definition) is 6. The number of benzene rings is 4. The first-order valence-electron chi connectivity index (χ1n) is 18.2. The Morgan fingerprint density at radius 3 is 2.33 bits per heavy atom. The number of aryl methyl sites for hydroxylation is 1. The van der Waals surface area contributed by atoms with Crippen molar-refractivity contribution < 1.29 is 32.7 Å². The molecule has 55 heavy (non-hydrogen) atoms. The van der Waals surface area contributed by atoms with Gasteiger partial charge >= 0.3 is 12.1 Å². The van der Waals surface area contributed by atoms with E-state index in [1.54, 1.807) is 23.9 Å². The van der Waals surface area contributed by atoms with Gasteiger partial charge in [-0.1, -0.05) is 36.4 Å². The Kier molecular flexibility index (Phi) is 12.9. The fourth-order valence-corrected chi connectivity index (χ4v) is 7.38. The van der Waals surface area contributed by atoms with Crippen molar-refractivity contribution in [3.05, 3.63) is 143 Å². The molecule has 0 aliphatic carbocycles. The number of amides is 2. The SMILES string of the molecule is O=C(O)CCCc1cccc(SCc2cccc(C(=O)Nc3ccc(N4CCCCC4)cc3-c3cc(C(=O)NCc4cccc(C(F)(F)F)c4)ccn3)c2)c1. The van der Waals surface area contributed by atoms with E-state index < -0.39 is 23.6 Å². The molecule has 0 radical (unpaired) electrons. The van der Waals surface area contributed by atoms with Crippen LogP contribution in [0.2, 0.25) is 0 Å². The maximum atomic E-state index is 13.8. The van der Waals surface area contributed by atoms with Crippen molar-refractivity contribution in [2.45, 2.75) is 61.9 Å². The molecular formula is C43H41F3N4O4S. The lowest BCUT2D eigenvalue weighted by Gasteiger charge is -2.29. The standard InChI is InChI=1S/C43H41F3N4O4S/c44-43(45,46)34-13-5-10-30(23-34)27-48-41(53)33-18-19-47-39(25-33)37-26-35(50-20-2-1-3-21-50)16-17-38(37)49-42(54)32-12-4-11-31(22-32)28-55-36-14-6-8-29(24-36)9-7-15-40(51)52/h4-6,8,10-14,16-19,22-26H,1-3,7,9,15,20-21,27-28H2,(H,48,53)(H,49,54)(H,51,52). The number of carbonyl (C=O) groups excluding carboxylic acids is 2. The summed E-state index contributed by atoms with van der Waals surface area (Å²) in [6.07, 6.45) is 1.71. The molecule has 3 N–H and O–H groups in total. The summed E-state index contributed by atoms with van der Waals surface area (Å²) in [5, 5.41) is 14.7. The van der Waals surface area contributed by atoms with Gasteiger partial charge in [-0.25, -0.2) is 0 Å². The molecule has 5 aromatic rings. The van der Waals surface area contributed by atoms with E-state index in [9.17, 15) is 27.6 Å². The number of nitrogens with one attached hydrogen (secondary N) is 2. The summed E-state index contributed by atoms with van der Waals surface area (Å²) in [4.78, 5) is 45.8. The van der Waals surface area contributed by atoms with Crippen LogP contribution >= 0.6 is 11.8 Å². The van der Waals surface area contributed by atoms with Gasteiger partial charge in [-0.15, -0.1) is 11.8 Å². The van der Waals surface area contributed by atoms with Gasteiger partial charge in [0.2, 0.25) is 0 Å². The van der Waals surface area contributed by atoms with Crippen molar-refractivity contribution in [2.24, 2.45) is 0 Å². The van der Waals surface area contributed by atoms with Crippen molar-refractivity contribution in [2.75, 3.05) is 23.3 Å². The van der Waals surface area contributed by atoms with Crippen LogP contribution < -0.4 is 15.5 Å². The number of carbonyl (C=O) groups is 3. The van der Waals surface area contributed by atoms with Gasteiger partial charge in [0.1, 0.15) is 0 Å². The van der Waals surface area contributed by atoms with Crippen LogP contribution in [-0.4, -0.2) is 41.0 Å². The molecule has 4 aromatic carbocycles. The molecule has 284 valence electrons. The predicted molar refractivity (Wildman–Crippen MR) is 209 cm³/mol. The van der Waals surface area contributed by atoms with Crippen LogP contribution in [0.1, 0.15) is 75.1 Å². The quantitative estimate of drug-likeness (QED) is 0.0966. The second-order valence-corrected chi connectivity index (χ2v) is 14.5. The number of anilines is 2. The molecule has 0 spiro atoms. The Morgan fingerprint density at radius 2 is 1.53 bits per heavy atom. The molecule has 12 heteroatoms. The van der Waals surface area contributed by atoms with E-state index in [0.29, 0.717) is 46.7 Å². The van der Waals surface area contributed by atoms with E-state index >= 15 is 0 Å². The second kappa shape index (κ2) is 18.1. The number of thioether (sulfide) groups is 1. The zero-order valence-electron chi connectivity index (χ0n) is 30.1. The van der Waals surface area contributed by atoms with Gasteiger partial charge in [-0.3, -0.25) is 19.4 Å². The first-order valence-corrected chi connectivity index (χ1v) is 19.1. The molecule has 0 unspecified atom stereocenters. The number of hydrogen-bond donors (Lipinski definition) is 3. The van der Waals surface area contributed by atoms with Crippen LogP contribution in [0.15, 0.2) is 114 Å². The Balaban J connectivity index is 1.18. The number of rotatable bonds is 14. The molecule has 1 fully saturated rings. The third-order valence-corrected chi connectivity index (χ3v) is 10.4. The number of carboxylic acid groups (broad SMARTS) is 1. The van der Waals surface area contributed by atoms with Crippen LogP contribution in [0.3, 0.4) is 0 Å². The molecule has 2 heterocycles. The zero-order chi connectivity index (χ0) is 38.8. The molecule has 0 atom stereocenters. The van der Waals surface area contributed by atoms with Gasteiger partial charge in [-0.2, -0.15) is 13.2 Å². The minimum Gasteiger partial charge on any atom is -0.481 e. The van der Waals surface area contributed by atoms with Gasteiger partial charge in [0, 0.05) is 65.3 Å². The number of aliphatic carboxylic acids is 1. The van der Waals surface area contributed by atoms with Crippen molar-refractivity contribution in [1.29, 1.82) is 0 Å². The topological polar surface area (TPSA) is 112 Å². The van der Waals surface area contributed by atoms with Gasteiger partial charge < -0.3 is 20.6 Å². The number of nitrogens with zero attached hydrogens (tertiary/aromatic N) is 2. The lowest BCUT2D eigenvalue weighted by atomic mass is 10.0. The zero-order valence-corrected chi connectivity index (χ0v) is 30.9. The highest BCUT2D eigenvalue weighted by Gasteiger charge is 2.30. The van der Waals surface area contributed by atoms with E-state index in [1.807, 2.05) is 54.6 Å². The summed E-state index contributed by atoms with van der Waals surface area (Å²) in [7, 11) is 0. The van der Waals surface area contributed by atoms with E-state index in [4.69, 9.17) is 5.11 Å². The Labute approximate surface area is 322 Å². The van der Waals surface area contributed by atoms with Crippen molar-refractivity contribution in [1.82, 2.24) is 10.3 Å². The minimum absolute atomic E-state index is 0.0925. The predicted octanol–water partition coefficient (Wildman–Crippen LogP) is 9.64. The number of piperidine rings is 1. The van der Waals surface area contributed by atoms with Gasteiger partial charge in [-0.05, 0) is 116 Å². The average molecular weight is 767 g/mol. The maximum absolute atomic E-state index is 13.8. The molecule has 1 aliphatic rings. The number of pyridine rings is 1. The number of aromatic nitrogens is 1. The van der Waals surface area contributed by atoms with Gasteiger partial charge in [0.05, 0.1) is 16.9 Å². The molecule has 0 saturated carbocycles. The molecule has 8 nitrogen and oxygen atoms in total. The molecule has 0 bridgehead atoms. The first kappa shape index (κ1) is 39.1. The minimum atomic E-state index is -4.49. The summed E-state index contributed by atoms with van der Waals surface area (Å²) in [6, 6.07) is 29.2. The number of carboxylic acids is 1. The fourth-order valence-electron chi connectivity index (χ4n) is 6.46. The van der Waals surface area contributed by atoms with Crippen LogP contribution in [0.4, 0.5) is 24.5 Å². The molecular weight excluding hydrogens is 726 g/mol. The number of alkyl halides is 3. The highest BCUT2D eigenvalue weighted by atomic mass is 32.2.